The summed E-state index contributed by atoms with van der Waals surface area (Å²) >= 11 is 13.9. The van der Waals surface area contributed by atoms with Crippen LogP contribution in [-0.2, 0) is 11.4 Å². The minimum absolute atomic E-state index is 0.0148. The molecule has 0 atom stereocenters. The number of nitrogens with zero attached hydrogens (tertiary/aromatic N) is 2. The van der Waals surface area contributed by atoms with E-state index >= 15 is 0 Å². The Bertz CT molecular complexity index is 1290. The summed E-state index contributed by atoms with van der Waals surface area (Å²) in [6.07, 6.45) is 1.47. The van der Waals surface area contributed by atoms with Crippen molar-refractivity contribution >= 4 is 69.2 Å². The van der Waals surface area contributed by atoms with E-state index in [0.717, 1.165) is 9.13 Å². The van der Waals surface area contributed by atoms with Gasteiger partial charge in [0.2, 0.25) is 0 Å². The smallest absolute Gasteiger partial charge is 0.269 e. The molecule has 3 aromatic carbocycles. The fraction of sp³-hybridized carbons (Fsp3) is 0.0435. The van der Waals surface area contributed by atoms with Crippen LogP contribution in [0.5, 0.6) is 5.75 Å². The highest BCUT2D eigenvalue weighted by Crippen LogP contribution is 2.26. The van der Waals surface area contributed by atoms with Gasteiger partial charge in [-0.25, -0.2) is 0 Å². The molecular weight excluding hydrogens is 580 g/mol. The Labute approximate surface area is 212 Å². The van der Waals surface area contributed by atoms with Crippen molar-refractivity contribution in [2.24, 2.45) is 0 Å². The van der Waals surface area contributed by atoms with E-state index in [2.05, 4.69) is 27.9 Å². The minimum atomic E-state index is -0.579. The van der Waals surface area contributed by atoms with Gasteiger partial charge in [-0.15, -0.1) is 0 Å². The Hall–Kier alpha value is -3.13. The van der Waals surface area contributed by atoms with Crippen LogP contribution in [0.25, 0.3) is 6.08 Å². The van der Waals surface area contributed by atoms with Crippen LogP contribution >= 0.6 is 45.8 Å². The van der Waals surface area contributed by atoms with E-state index in [1.807, 2.05) is 6.07 Å². The van der Waals surface area contributed by atoms with Crippen molar-refractivity contribution in [2.45, 2.75) is 6.61 Å². The lowest BCUT2D eigenvalue weighted by Gasteiger charge is -2.09. The number of benzene rings is 3. The number of rotatable bonds is 7. The Morgan fingerprint density at radius 3 is 2.45 bits per heavy atom. The van der Waals surface area contributed by atoms with Crippen molar-refractivity contribution in [2.75, 3.05) is 5.32 Å². The average molecular weight is 594 g/mol. The number of nitriles is 1. The Kier molecular flexibility index (Phi) is 8.27. The Morgan fingerprint density at radius 2 is 1.85 bits per heavy atom. The van der Waals surface area contributed by atoms with Gasteiger partial charge in [0.05, 0.1) is 18.5 Å². The number of nitro benzene ring substituents is 1. The van der Waals surface area contributed by atoms with E-state index in [0.29, 0.717) is 22.0 Å². The van der Waals surface area contributed by atoms with Gasteiger partial charge in [0, 0.05) is 17.8 Å². The van der Waals surface area contributed by atoms with Crippen molar-refractivity contribution in [3.63, 3.8) is 0 Å². The van der Waals surface area contributed by atoms with Gasteiger partial charge < -0.3 is 10.1 Å². The maximum Gasteiger partial charge on any atom is 0.269 e. The molecule has 33 heavy (non-hydrogen) atoms. The predicted octanol–water partition coefficient (Wildman–Crippen LogP) is 6.63. The second kappa shape index (κ2) is 11.1. The average Bonchev–Trinajstić information content (AvgIpc) is 2.79. The third kappa shape index (κ3) is 6.68. The van der Waals surface area contributed by atoms with Crippen molar-refractivity contribution < 1.29 is 14.5 Å². The van der Waals surface area contributed by atoms with Gasteiger partial charge in [-0.3, -0.25) is 14.9 Å². The van der Waals surface area contributed by atoms with E-state index in [1.54, 1.807) is 42.5 Å². The molecule has 0 aliphatic heterocycles. The number of anilines is 1. The molecule has 0 radical (unpaired) electrons. The first-order chi connectivity index (χ1) is 15.8. The summed E-state index contributed by atoms with van der Waals surface area (Å²) in [5, 5.41) is 23.4. The molecule has 3 aromatic rings. The molecule has 0 aliphatic rings. The number of nitro groups is 1. The summed E-state index contributed by atoms with van der Waals surface area (Å²) in [6.45, 7) is 0.235. The number of nitrogens with one attached hydrogen (secondary N) is 1. The number of amides is 1. The topological polar surface area (TPSA) is 105 Å². The molecule has 0 bridgehead atoms. The molecule has 0 saturated carbocycles. The molecular formula is C23H14Cl2IN3O4. The zero-order chi connectivity index (χ0) is 24.0. The molecule has 0 saturated heterocycles. The number of halogens is 3. The van der Waals surface area contributed by atoms with Crippen LogP contribution in [0.2, 0.25) is 10.0 Å². The highest BCUT2D eigenvalue weighted by Gasteiger charge is 2.12. The monoisotopic (exact) mass is 593 g/mol. The molecule has 7 nitrogen and oxygen atoms in total. The van der Waals surface area contributed by atoms with Crippen molar-refractivity contribution in [3.05, 3.63) is 101 Å². The quantitative estimate of drug-likeness (QED) is 0.109. The van der Waals surface area contributed by atoms with Gasteiger partial charge in [-0.1, -0.05) is 29.3 Å². The lowest BCUT2D eigenvalue weighted by atomic mass is 10.1. The van der Waals surface area contributed by atoms with Crippen molar-refractivity contribution in [1.82, 2.24) is 0 Å². The third-order valence-corrected chi connectivity index (χ3v) is 5.93. The summed E-state index contributed by atoms with van der Waals surface area (Å²) in [5.41, 5.74) is 1.77. The standard InChI is InChI=1S/C23H14Cl2IN3O4/c24-19-7-4-17(11-20(19)25)28-23(30)16(12-27)9-15-3-8-22(21(26)10-15)33-13-14-1-5-18(6-2-14)29(31)32/h1-11H,13H2,(H,28,30)/b16-9+. The molecule has 0 aromatic heterocycles. The van der Waals surface area contributed by atoms with Gasteiger partial charge >= 0.3 is 0 Å². The van der Waals surface area contributed by atoms with Crippen LogP contribution in [0.15, 0.2) is 66.2 Å². The van der Waals surface area contributed by atoms with Gasteiger partial charge in [-0.2, -0.15) is 5.26 Å². The summed E-state index contributed by atoms with van der Waals surface area (Å²) < 4.78 is 6.56. The summed E-state index contributed by atoms with van der Waals surface area (Å²) in [7, 11) is 0. The van der Waals surface area contributed by atoms with E-state index in [4.69, 9.17) is 27.9 Å². The van der Waals surface area contributed by atoms with Gasteiger partial charge in [0.25, 0.3) is 11.6 Å². The second-order valence-electron chi connectivity index (χ2n) is 6.65. The zero-order valence-corrected chi connectivity index (χ0v) is 20.4. The molecule has 0 aliphatic carbocycles. The maximum atomic E-state index is 12.5. The number of ether oxygens (including phenoxy) is 1. The number of hydrogen-bond acceptors (Lipinski definition) is 5. The molecule has 166 valence electrons. The zero-order valence-electron chi connectivity index (χ0n) is 16.7. The number of hydrogen-bond donors (Lipinski definition) is 1. The molecule has 0 unspecified atom stereocenters. The number of carbonyl (C=O) groups is 1. The van der Waals surface area contributed by atoms with Crippen LogP contribution in [0.3, 0.4) is 0 Å². The Morgan fingerprint density at radius 1 is 1.12 bits per heavy atom. The molecule has 3 rings (SSSR count). The lowest BCUT2D eigenvalue weighted by Crippen LogP contribution is -2.13. The number of non-ortho nitro benzene ring substituents is 1. The normalized spacial score (nSPS) is 10.9. The van der Waals surface area contributed by atoms with Crippen LogP contribution in [0.4, 0.5) is 11.4 Å². The second-order valence-corrected chi connectivity index (χ2v) is 8.63. The Balaban J connectivity index is 1.69. The molecule has 0 spiro atoms. The molecule has 0 heterocycles. The highest BCUT2D eigenvalue weighted by molar-refractivity contribution is 14.1. The van der Waals surface area contributed by atoms with E-state index in [-0.39, 0.29) is 22.9 Å². The molecule has 10 heteroatoms. The minimum Gasteiger partial charge on any atom is -0.488 e. The summed E-state index contributed by atoms with van der Waals surface area (Å²) in [5.74, 6) is 0.0225. The first-order valence-electron chi connectivity index (χ1n) is 9.30. The van der Waals surface area contributed by atoms with Crippen LogP contribution in [-0.4, -0.2) is 10.8 Å². The fourth-order valence-corrected chi connectivity index (χ4v) is 3.68. The van der Waals surface area contributed by atoms with Crippen LogP contribution in [0.1, 0.15) is 11.1 Å². The van der Waals surface area contributed by atoms with Crippen molar-refractivity contribution in [1.29, 1.82) is 5.26 Å². The highest BCUT2D eigenvalue weighted by atomic mass is 127. The fourth-order valence-electron chi connectivity index (χ4n) is 2.69. The summed E-state index contributed by atoms with van der Waals surface area (Å²) in [6, 6.07) is 17.9. The van der Waals surface area contributed by atoms with E-state index in [9.17, 15) is 20.2 Å². The van der Waals surface area contributed by atoms with Crippen LogP contribution in [0, 0.1) is 25.0 Å². The first-order valence-corrected chi connectivity index (χ1v) is 11.1. The molecule has 0 fully saturated rings. The number of carbonyl (C=O) groups excluding carboxylic acids is 1. The van der Waals surface area contributed by atoms with Crippen molar-refractivity contribution in [3.8, 4) is 11.8 Å². The van der Waals surface area contributed by atoms with Gasteiger partial charge in [-0.05, 0) is 82.3 Å². The van der Waals surface area contributed by atoms with E-state index < -0.39 is 10.8 Å². The third-order valence-electron chi connectivity index (χ3n) is 4.35. The maximum absolute atomic E-state index is 12.5. The SMILES string of the molecule is N#C/C(=C\c1ccc(OCc2ccc([N+](=O)[O-])cc2)c(I)c1)C(=O)Nc1ccc(Cl)c(Cl)c1. The predicted molar refractivity (Wildman–Crippen MR) is 135 cm³/mol. The van der Waals surface area contributed by atoms with E-state index in [1.165, 1.54) is 24.3 Å². The van der Waals surface area contributed by atoms with Gasteiger partial charge in [0.1, 0.15) is 24.0 Å². The summed E-state index contributed by atoms with van der Waals surface area (Å²) in [4.78, 5) is 22.8. The lowest BCUT2D eigenvalue weighted by molar-refractivity contribution is -0.384. The van der Waals surface area contributed by atoms with Crippen LogP contribution < -0.4 is 10.1 Å². The molecule has 1 amide bonds. The largest absolute Gasteiger partial charge is 0.488 e. The molecule has 1 N–H and O–H groups in total. The first kappa shape index (κ1) is 24.5. The van der Waals surface area contributed by atoms with Gasteiger partial charge in [0.15, 0.2) is 0 Å².